The van der Waals surface area contributed by atoms with Gasteiger partial charge in [0.2, 0.25) is 0 Å². The molecule has 0 atom stereocenters. The zero-order chi connectivity index (χ0) is 48.7. The molecule has 0 bridgehead atoms. The Kier molecular flexibility index (Phi) is 8.36. The monoisotopic (exact) mass is 919 g/mol. The van der Waals surface area contributed by atoms with Crippen molar-refractivity contribution in [2.75, 3.05) is 4.90 Å². The van der Waals surface area contributed by atoms with Crippen molar-refractivity contribution in [1.29, 1.82) is 0 Å². The topological polar surface area (TPSA) is 29.5 Å². The minimum Gasteiger partial charge on any atom is -0.456 e. The Bertz CT molecular complexity index is 4120. The van der Waals surface area contributed by atoms with Crippen LogP contribution in [-0.2, 0) is 21.7 Å². The molecule has 2 aromatic heterocycles. The van der Waals surface area contributed by atoms with Gasteiger partial charge in [0.1, 0.15) is 22.3 Å². The van der Waals surface area contributed by atoms with Gasteiger partial charge in [-0.15, -0.1) is 0 Å². The Labute approximate surface area is 416 Å². The van der Waals surface area contributed by atoms with Crippen LogP contribution in [0.4, 0.5) is 17.1 Å². The zero-order valence-corrected chi connectivity index (χ0v) is 42.4. The third-order valence-corrected chi connectivity index (χ3v) is 17.2. The maximum Gasteiger partial charge on any atom is 0.143 e. The molecule has 0 amide bonds. The summed E-state index contributed by atoms with van der Waals surface area (Å²) in [5.74, 6) is 0. The molecular weight excluding hydrogens is 863 g/mol. The Hall–Kier alpha value is -7.62. The van der Waals surface area contributed by atoms with E-state index in [1.165, 1.54) is 99.6 Å². The average Bonchev–Trinajstić information content (AvgIpc) is 4.11. The van der Waals surface area contributed by atoms with Gasteiger partial charge in [0.05, 0.1) is 0 Å². The molecule has 3 nitrogen and oxygen atoms in total. The molecule has 3 heteroatoms. The van der Waals surface area contributed by atoms with Gasteiger partial charge in [-0.25, -0.2) is 0 Å². The Morgan fingerprint density at radius 1 is 0.380 bits per heavy atom. The molecule has 0 spiro atoms. The molecule has 71 heavy (non-hydrogen) atoms. The van der Waals surface area contributed by atoms with Crippen LogP contribution >= 0.6 is 0 Å². The number of furan rings is 2. The number of rotatable bonds is 4. The normalized spacial score (nSPS) is 15.5. The number of nitrogens with zero attached hydrogens (tertiary/aromatic N) is 1. The number of hydrogen-bond acceptors (Lipinski definition) is 3. The first-order valence-corrected chi connectivity index (χ1v) is 25.4. The van der Waals surface area contributed by atoms with E-state index in [1.807, 2.05) is 0 Å². The van der Waals surface area contributed by atoms with Gasteiger partial charge in [0.25, 0.3) is 0 Å². The van der Waals surface area contributed by atoms with E-state index >= 15 is 0 Å². The molecule has 0 radical (unpaired) electrons. The van der Waals surface area contributed by atoms with Crippen molar-refractivity contribution in [3.05, 3.63) is 208 Å². The van der Waals surface area contributed by atoms with Gasteiger partial charge in [-0.05, 0) is 169 Å². The van der Waals surface area contributed by atoms with E-state index in [-0.39, 0.29) is 21.7 Å². The summed E-state index contributed by atoms with van der Waals surface area (Å²) in [4.78, 5) is 2.49. The first-order valence-electron chi connectivity index (χ1n) is 25.4. The van der Waals surface area contributed by atoms with E-state index in [2.05, 4.69) is 238 Å². The molecular formula is C68H57NO2. The highest BCUT2D eigenvalue weighted by molar-refractivity contribution is 6.19. The van der Waals surface area contributed by atoms with Gasteiger partial charge in [-0.3, -0.25) is 0 Å². The molecule has 0 saturated heterocycles. The largest absolute Gasteiger partial charge is 0.456 e. The fourth-order valence-electron chi connectivity index (χ4n) is 13.3. The summed E-state index contributed by atoms with van der Waals surface area (Å²) in [5, 5.41) is 4.76. The molecule has 11 aromatic rings. The number of aryl methyl sites for hydroxylation is 1. The maximum atomic E-state index is 6.85. The van der Waals surface area contributed by atoms with Crippen molar-refractivity contribution in [3.8, 4) is 44.5 Å². The molecule has 346 valence electrons. The summed E-state index contributed by atoms with van der Waals surface area (Å²) in [5.41, 5.74) is 27.4. The fourth-order valence-corrected chi connectivity index (χ4v) is 13.3. The SMILES string of the molecule is Cc1ccccc1-c1cc2c(c3c1oc1ccccc13)-c1ccc(N(c3ccc(C(C)(C)C)cc3)c3ccc4c(c3)C(C)(C)c3cc5c(cc3-4)C(C)(C)c3ccc4oc6ccccc6c4c3-5)cc1C2(C)C. The highest BCUT2D eigenvalue weighted by Crippen LogP contribution is 2.60. The summed E-state index contributed by atoms with van der Waals surface area (Å²) in [6.45, 7) is 23.5. The van der Waals surface area contributed by atoms with E-state index in [1.54, 1.807) is 0 Å². The summed E-state index contributed by atoms with van der Waals surface area (Å²) in [7, 11) is 0. The molecule has 9 aromatic carbocycles. The predicted molar refractivity (Wildman–Crippen MR) is 297 cm³/mol. The second kappa shape index (κ2) is 14.0. The van der Waals surface area contributed by atoms with Crippen molar-refractivity contribution >= 4 is 60.9 Å². The highest BCUT2D eigenvalue weighted by Gasteiger charge is 2.44. The van der Waals surface area contributed by atoms with Crippen molar-refractivity contribution < 1.29 is 8.83 Å². The molecule has 0 fully saturated rings. The molecule has 0 unspecified atom stereocenters. The van der Waals surface area contributed by atoms with Gasteiger partial charge >= 0.3 is 0 Å². The van der Waals surface area contributed by atoms with Crippen LogP contribution in [0.25, 0.3) is 88.4 Å². The predicted octanol–water partition coefficient (Wildman–Crippen LogP) is 19.1. The van der Waals surface area contributed by atoms with Crippen LogP contribution in [0.15, 0.2) is 173 Å². The van der Waals surface area contributed by atoms with Gasteiger partial charge in [0, 0.05) is 60.4 Å². The van der Waals surface area contributed by atoms with Gasteiger partial charge in [-0.2, -0.15) is 0 Å². The first-order chi connectivity index (χ1) is 34.0. The molecule has 3 aliphatic rings. The van der Waals surface area contributed by atoms with Crippen molar-refractivity contribution in [2.24, 2.45) is 0 Å². The Morgan fingerprint density at radius 3 is 1.61 bits per heavy atom. The van der Waals surface area contributed by atoms with Crippen molar-refractivity contribution in [1.82, 2.24) is 0 Å². The fraction of sp³-hybridized carbons (Fsp3) is 0.206. The van der Waals surface area contributed by atoms with Gasteiger partial charge < -0.3 is 13.7 Å². The Balaban J connectivity index is 0.940. The van der Waals surface area contributed by atoms with E-state index in [0.717, 1.165) is 50.3 Å². The second-order valence-electron chi connectivity index (χ2n) is 23.3. The molecule has 14 rings (SSSR count). The molecule has 0 saturated carbocycles. The summed E-state index contributed by atoms with van der Waals surface area (Å²) < 4.78 is 13.3. The van der Waals surface area contributed by atoms with Crippen LogP contribution in [0, 0.1) is 6.92 Å². The number of anilines is 3. The molecule has 0 aliphatic heterocycles. The van der Waals surface area contributed by atoms with Crippen molar-refractivity contribution in [2.45, 2.75) is 90.9 Å². The lowest BCUT2D eigenvalue weighted by Crippen LogP contribution is -2.18. The van der Waals surface area contributed by atoms with E-state index in [9.17, 15) is 0 Å². The Morgan fingerprint density at radius 2 is 0.901 bits per heavy atom. The lowest BCUT2D eigenvalue weighted by Gasteiger charge is -2.30. The smallest absolute Gasteiger partial charge is 0.143 e. The zero-order valence-electron chi connectivity index (χ0n) is 42.4. The van der Waals surface area contributed by atoms with Crippen molar-refractivity contribution in [3.63, 3.8) is 0 Å². The third kappa shape index (κ3) is 5.66. The third-order valence-electron chi connectivity index (χ3n) is 17.2. The van der Waals surface area contributed by atoms with Crippen LogP contribution in [0.1, 0.15) is 107 Å². The lowest BCUT2D eigenvalue weighted by atomic mass is 9.79. The van der Waals surface area contributed by atoms with E-state index in [0.29, 0.717) is 0 Å². The van der Waals surface area contributed by atoms with E-state index in [4.69, 9.17) is 8.83 Å². The number of fused-ring (bicyclic) bond motifs is 17. The summed E-state index contributed by atoms with van der Waals surface area (Å²) >= 11 is 0. The average molecular weight is 920 g/mol. The van der Waals surface area contributed by atoms with Crippen LogP contribution in [0.5, 0.6) is 0 Å². The minimum atomic E-state index is -0.297. The van der Waals surface area contributed by atoms with Crippen LogP contribution in [-0.4, -0.2) is 0 Å². The standard InChI is InChI=1S/C68H57NO2/c1-38-17-11-12-18-43(38)49-36-56-60(63-47-20-14-16-22-58(47)71-64(49)63)45-30-28-42(34-53(45)68(56,9)10)69(40-25-23-39(24-26-40)65(2,3)4)41-27-29-44-48-35-55-50(37-54(48)67(7,8)52(44)33-41)61-51(66(55,5)6)31-32-59-62(61)46-19-13-15-21-57(46)70-59/h11-37H,1-10H3. The summed E-state index contributed by atoms with van der Waals surface area (Å²) in [6.07, 6.45) is 0. The van der Waals surface area contributed by atoms with Gasteiger partial charge in [-0.1, -0.05) is 153 Å². The molecule has 2 heterocycles. The quantitative estimate of drug-likeness (QED) is 0.176. The number of para-hydroxylation sites is 2. The highest BCUT2D eigenvalue weighted by atomic mass is 16.3. The maximum absolute atomic E-state index is 6.85. The van der Waals surface area contributed by atoms with Gasteiger partial charge in [0.15, 0.2) is 0 Å². The number of benzene rings is 9. The first kappa shape index (κ1) is 42.3. The molecule has 3 aliphatic carbocycles. The second-order valence-corrected chi connectivity index (χ2v) is 23.3. The number of hydrogen-bond donors (Lipinski definition) is 0. The van der Waals surface area contributed by atoms with Crippen LogP contribution < -0.4 is 4.90 Å². The van der Waals surface area contributed by atoms with Crippen LogP contribution in [0.3, 0.4) is 0 Å². The lowest BCUT2D eigenvalue weighted by molar-refractivity contribution is 0.590. The summed E-state index contributed by atoms with van der Waals surface area (Å²) in [6, 6.07) is 61.5. The van der Waals surface area contributed by atoms with E-state index < -0.39 is 0 Å². The molecule has 0 N–H and O–H groups in total. The van der Waals surface area contributed by atoms with Crippen LogP contribution in [0.2, 0.25) is 0 Å². The minimum absolute atomic E-state index is 0.0295.